The monoisotopic (exact) mass is 311 g/mol. The maximum absolute atomic E-state index is 12.1. The fourth-order valence-corrected chi connectivity index (χ4v) is 2.03. The van der Waals surface area contributed by atoms with Crippen molar-refractivity contribution in [1.29, 1.82) is 0 Å². The molecule has 0 bridgehead atoms. The summed E-state index contributed by atoms with van der Waals surface area (Å²) in [7, 11) is 3.37. The lowest BCUT2D eigenvalue weighted by molar-refractivity contribution is -0.125. The second-order valence-electron chi connectivity index (χ2n) is 5.13. The van der Waals surface area contributed by atoms with Crippen molar-refractivity contribution in [2.24, 2.45) is 0 Å². The van der Waals surface area contributed by atoms with E-state index < -0.39 is 0 Å². The normalized spacial score (nSPS) is 10.7. The third kappa shape index (κ3) is 5.60. The zero-order valence-electron chi connectivity index (χ0n) is 13.4. The average molecular weight is 311 g/mol. The number of ether oxygens (including phenoxy) is 2. The number of rotatable bonds is 7. The number of hydrogen-bond acceptors (Lipinski definition) is 3. The number of nitrogens with zero attached hydrogens (tertiary/aromatic N) is 1. The lowest BCUT2D eigenvalue weighted by Crippen LogP contribution is -2.23. The lowest BCUT2D eigenvalue weighted by atomic mass is 10.2. The summed E-state index contributed by atoms with van der Waals surface area (Å²) < 4.78 is 10.2. The zero-order chi connectivity index (χ0) is 16.5. The van der Waals surface area contributed by atoms with E-state index in [0.717, 1.165) is 16.9 Å². The largest absolute Gasteiger partial charge is 0.468 e. The molecule has 2 aromatic rings. The van der Waals surface area contributed by atoms with Gasteiger partial charge in [-0.15, -0.1) is 0 Å². The van der Waals surface area contributed by atoms with E-state index >= 15 is 0 Å². The van der Waals surface area contributed by atoms with E-state index in [9.17, 15) is 4.79 Å². The minimum absolute atomic E-state index is 0.0337. The summed E-state index contributed by atoms with van der Waals surface area (Å²) >= 11 is 0. The van der Waals surface area contributed by atoms with Crippen molar-refractivity contribution in [3.8, 4) is 5.75 Å². The molecule has 4 heteroatoms. The van der Waals surface area contributed by atoms with Gasteiger partial charge in [0.25, 0.3) is 0 Å². The topological polar surface area (TPSA) is 38.8 Å². The summed E-state index contributed by atoms with van der Waals surface area (Å²) in [5.41, 5.74) is 2.05. The first kappa shape index (κ1) is 16.8. The van der Waals surface area contributed by atoms with E-state index in [0.29, 0.717) is 6.54 Å². The van der Waals surface area contributed by atoms with Gasteiger partial charge in [0, 0.05) is 26.8 Å². The van der Waals surface area contributed by atoms with Crippen molar-refractivity contribution in [2.45, 2.75) is 6.54 Å². The van der Waals surface area contributed by atoms with Crippen molar-refractivity contribution >= 4 is 12.0 Å². The second-order valence-corrected chi connectivity index (χ2v) is 5.13. The Kier molecular flexibility index (Phi) is 6.39. The van der Waals surface area contributed by atoms with Gasteiger partial charge in [-0.2, -0.15) is 0 Å². The smallest absolute Gasteiger partial charge is 0.246 e. The number of amides is 1. The summed E-state index contributed by atoms with van der Waals surface area (Å²) in [6.45, 7) is 0.811. The minimum atomic E-state index is -0.0337. The Morgan fingerprint density at radius 3 is 2.43 bits per heavy atom. The van der Waals surface area contributed by atoms with Crippen LogP contribution in [0.5, 0.6) is 5.75 Å². The van der Waals surface area contributed by atoms with Crippen molar-refractivity contribution in [2.75, 3.05) is 21.0 Å². The average Bonchev–Trinajstić information content (AvgIpc) is 2.59. The van der Waals surface area contributed by atoms with Gasteiger partial charge in [0.1, 0.15) is 5.75 Å². The molecule has 0 fully saturated rings. The number of benzene rings is 2. The molecule has 4 nitrogen and oxygen atoms in total. The van der Waals surface area contributed by atoms with Crippen LogP contribution in [0.15, 0.2) is 60.7 Å². The fraction of sp³-hybridized carbons (Fsp3) is 0.211. The highest BCUT2D eigenvalue weighted by atomic mass is 16.7. The molecule has 0 aliphatic rings. The molecular formula is C19H21NO3. The number of carbonyl (C=O) groups is 1. The molecule has 1 amide bonds. The maximum Gasteiger partial charge on any atom is 0.246 e. The highest BCUT2D eigenvalue weighted by Crippen LogP contribution is 2.13. The molecule has 0 aromatic heterocycles. The molecule has 120 valence electrons. The van der Waals surface area contributed by atoms with Crippen molar-refractivity contribution < 1.29 is 14.3 Å². The Morgan fingerprint density at radius 1 is 1.09 bits per heavy atom. The molecular weight excluding hydrogens is 290 g/mol. The highest BCUT2D eigenvalue weighted by molar-refractivity contribution is 5.91. The van der Waals surface area contributed by atoms with Crippen LogP contribution in [0.1, 0.15) is 11.1 Å². The SMILES string of the molecule is COCOc1ccc(/C=C/C(=O)N(C)Cc2ccccc2)cc1. The molecule has 0 aliphatic carbocycles. The first-order valence-corrected chi connectivity index (χ1v) is 7.38. The quantitative estimate of drug-likeness (QED) is 0.581. The Hall–Kier alpha value is -2.59. The summed E-state index contributed by atoms with van der Waals surface area (Å²) in [5.74, 6) is 0.699. The summed E-state index contributed by atoms with van der Waals surface area (Å²) in [4.78, 5) is 13.8. The highest BCUT2D eigenvalue weighted by Gasteiger charge is 2.05. The first-order chi connectivity index (χ1) is 11.2. The van der Waals surface area contributed by atoms with Gasteiger partial charge >= 0.3 is 0 Å². The molecule has 2 aromatic carbocycles. The summed E-state index contributed by atoms with van der Waals surface area (Å²) in [6, 6.07) is 17.4. The molecule has 0 heterocycles. The molecule has 2 rings (SSSR count). The van der Waals surface area contributed by atoms with Gasteiger partial charge in [-0.25, -0.2) is 0 Å². The number of carbonyl (C=O) groups excluding carboxylic acids is 1. The first-order valence-electron chi connectivity index (χ1n) is 7.38. The van der Waals surface area contributed by atoms with Crippen LogP contribution in [0.4, 0.5) is 0 Å². The number of hydrogen-bond donors (Lipinski definition) is 0. The van der Waals surface area contributed by atoms with E-state index in [2.05, 4.69) is 0 Å². The van der Waals surface area contributed by atoms with Gasteiger partial charge in [-0.1, -0.05) is 42.5 Å². The fourth-order valence-electron chi connectivity index (χ4n) is 2.03. The van der Waals surface area contributed by atoms with Crippen LogP contribution in [-0.2, 0) is 16.1 Å². The zero-order valence-corrected chi connectivity index (χ0v) is 13.4. The Balaban J connectivity index is 1.89. The molecule has 0 spiro atoms. The molecule has 0 saturated heterocycles. The minimum Gasteiger partial charge on any atom is -0.468 e. The van der Waals surface area contributed by atoms with Crippen LogP contribution in [0.3, 0.4) is 0 Å². The van der Waals surface area contributed by atoms with Crippen molar-refractivity contribution in [3.05, 3.63) is 71.8 Å². The van der Waals surface area contributed by atoms with E-state index in [1.54, 1.807) is 31.2 Å². The summed E-state index contributed by atoms with van der Waals surface area (Å²) in [5, 5.41) is 0. The van der Waals surface area contributed by atoms with Crippen LogP contribution in [0.25, 0.3) is 6.08 Å². The standard InChI is InChI=1S/C19H21NO3/c1-20(14-17-6-4-3-5-7-17)19(21)13-10-16-8-11-18(12-9-16)23-15-22-2/h3-13H,14-15H2,1-2H3/b13-10+. The predicted molar refractivity (Wildman–Crippen MR) is 90.9 cm³/mol. The van der Waals surface area contributed by atoms with E-state index in [4.69, 9.17) is 9.47 Å². The van der Waals surface area contributed by atoms with Crippen molar-refractivity contribution in [3.63, 3.8) is 0 Å². The Labute approximate surface area is 137 Å². The van der Waals surface area contributed by atoms with E-state index in [-0.39, 0.29) is 12.7 Å². The number of methoxy groups -OCH3 is 1. The molecule has 0 N–H and O–H groups in total. The van der Waals surface area contributed by atoms with Crippen LogP contribution >= 0.6 is 0 Å². The van der Waals surface area contributed by atoms with Gasteiger partial charge in [0.05, 0.1) is 0 Å². The van der Waals surface area contributed by atoms with Crippen LogP contribution in [0.2, 0.25) is 0 Å². The van der Waals surface area contributed by atoms with E-state index in [1.165, 1.54) is 0 Å². The summed E-state index contributed by atoms with van der Waals surface area (Å²) in [6.07, 6.45) is 3.37. The Bertz CT molecular complexity index is 635. The molecule has 0 unspecified atom stereocenters. The Morgan fingerprint density at radius 2 is 1.78 bits per heavy atom. The van der Waals surface area contributed by atoms with Gasteiger partial charge in [-0.05, 0) is 29.3 Å². The van der Waals surface area contributed by atoms with Gasteiger partial charge in [0.15, 0.2) is 6.79 Å². The molecule has 0 aliphatic heterocycles. The van der Waals surface area contributed by atoms with Crippen molar-refractivity contribution in [1.82, 2.24) is 4.90 Å². The van der Waals surface area contributed by atoms with Gasteiger partial charge in [-0.3, -0.25) is 4.79 Å². The van der Waals surface area contributed by atoms with Gasteiger partial charge < -0.3 is 14.4 Å². The molecule has 0 radical (unpaired) electrons. The third-order valence-corrected chi connectivity index (χ3v) is 3.28. The predicted octanol–water partition coefficient (Wildman–Crippen LogP) is 3.34. The lowest BCUT2D eigenvalue weighted by Gasteiger charge is -2.15. The molecule has 0 atom stereocenters. The number of likely N-dealkylation sites (N-methyl/N-ethyl adjacent to an activating group) is 1. The molecule has 0 saturated carbocycles. The second kappa shape index (κ2) is 8.76. The van der Waals surface area contributed by atoms with E-state index in [1.807, 2.05) is 54.6 Å². The molecule has 23 heavy (non-hydrogen) atoms. The maximum atomic E-state index is 12.1. The van der Waals surface area contributed by atoms with Gasteiger partial charge in [0.2, 0.25) is 5.91 Å². The third-order valence-electron chi connectivity index (χ3n) is 3.28. The van der Waals surface area contributed by atoms with Crippen LogP contribution < -0.4 is 4.74 Å². The van der Waals surface area contributed by atoms with Crippen LogP contribution in [0, 0.1) is 0 Å². The van der Waals surface area contributed by atoms with Crippen LogP contribution in [-0.4, -0.2) is 31.8 Å².